The van der Waals surface area contributed by atoms with E-state index >= 15 is 0 Å². The van der Waals surface area contributed by atoms with Crippen LogP contribution in [-0.4, -0.2) is 59.7 Å². The largest absolute Gasteiger partial charge is 0.490 e. The van der Waals surface area contributed by atoms with Crippen molar-refractivity contribution in [3.8, 4) is 5.75 Å². The van der Waals surface area contributed by atoms with Crippen LogP contribution in [0.4, 0.5) is 5.69 Å². The molecule has 2 N–H and O–H groups in total. The van der Waals surface area contributed by atoms with Gasteiger partial charge in [0.2, 0.25) is 0 Å². The third-order valence-electron chi connectivity index (χ3n) is 5.71. The second-order valence-corrected chi connectivity index (χ2v) is 7.80. The molecule has 8 heteroatoms. The summed E-state index contributed by atoms with van der Waals surface area (Å²) in [4.78, 5) is 38.3. The summed E-state index contributed by atoms with van der Waals surface area (Å²) in [7, 11) is 1.71. The molecule has 4 rings (SSSR count). The van der Waals surface area contributed by atoms with Crippen molar-refractivity contribution >= 4 is 23.5 Å². The number of amides is 2. The number of rotatable bonds is 4. The van der Waals surface area contributed by atoms with Crippen LogP contribution in [0.3, 0.4) is 0 Å². The van der Waals surface area contributed by atoms with Crippen LogP contribution in [0.1, 0.15) is 40.0 Å². The first-order valence-corrected chi connectivity index (χ1v) is 10.2. The summed E-state index contributed by atoms with van der Waals surface area (Å²) in [5.74, 6) is -1.01. The van der Waals surface area contributed by atoms with Gasteiger partial charge in [-0.25, -0.2) is 0 Å². The van der Waals surface area contributed by atoms with Crippen molar-refractivity contribution in [3.63, 3.8) is 0 Å². The molecule has 2 aliphatic rings. The van der Waals surface area contributed by atoms with Gasteiger partial charge in [0.15, 0.2) is 0 Å². The summed E-state index contributed by atoms with van der Waals surface area (Å²) in [6.07, 6.45) is 0.332. The minimum atomic E-state index is -0.907. The SMILES string of the molecule is CN1C(=O)c2cc(NC(=O)c3ccccc3)ccc2OC[C@H]2O[C@H](CC(=O)O)CC[C@H]21. The number of anilines is 1. The molecular formula is C23H24N2O6. The first kappa shape index (κ1) is 20.9. The Bertz CT molecular complexity index is 993. The number of fused-ring (bicyclic) bond motifs is 2. The van der Waals surface area contributed by atoms with Gasteiger partial charge in [-0.15, -0.1) is 0 Å². The predicted octanol–water partition coefficient (Wildman–Crippen LogP) is 2.79. The van der Waals surface area contributed by atoms with E-state index in [2.05, 4.69) is 5.32 Å². The van der Waals surface area contributed by atoms with E-state index in [0.29, 0.717) is 35.4 Å². The third-order valence-corrected chi connectivity index (χ3v) is 5.71. The molecule has 2 aromatic carbocycles. The second-order valence-electron chi connectivity index (χ2n) is 7.80. The van der Waals surface area contributed by atoms with E-state index in [4.69, 9.17) is 14.6 Å². The molecule has 0 radical (unpaired) electrons. The minimum absolute atomic E-state index is 0.0675. The number of carbonyl (C=O) groups is 3. The van der Waals surface area contributed by atoms with Gasteiger partial charge in [-0.3, -0.25) is 14.4 Å². The highest BCUT2D eigenvalue weighted by Crippen LogP contribution is 2.32. The van der Waals surface area contributed by atoms with Gasteiger partial charge < -0.3 is 24.8 Å². The fourth-order valence-corrected chi connectivity index (χ4v) is 4.09. The van der Waals surface area contributed by atoms with Gasteiger partial charge >= 0.3 is 5.97 Å². The zero-order valence-corrected chi connectivity index (χ0v) is 17.1. The summed E-state index contributed by atoms with van der Waals surface area (Å²) in [5.41, 5.74) is 1.38. The maximum Gasteiger partial charge on any atom is 0.305 e. The predicted molar refractivity (Wildman–Crippen MR) is 112 cm³/mol. The Morgan fingerprint density at radius 2 is 1.94 bits per heavy atom. The van der Waals surface area contributed by atoms with Crippen molar-refractivity contribution in [3.05, 3.63) is 59.7 Å². The van der Waals surface area contributed by atoms with Crippen molar-refractivity contribution in [1.29, 1.82) is 0 Å². The molecule has 2 aliphatic heterocycles. The number of carboxylic acid groups (broad SMARTS) is 1. The highest BCUT2D eigenvalue weighted by molar-refractivity contribution is 6.05. The van der Waals surface area contributed by atoms with E-state index in [1.807, 2.05) is 6.07 Å². The summed E-state index contributed by atoms with van der Waals surface area (Å²) in [5, 5.41) is 11.9. The number of carboxylic acids is 1. The summed E-state index contributed by atoms with van der Waals surface area (Å²) < 4.78 is 11.8. The van der Waals surface area contributed by atoms with E-state index in [9.17, 15) is 14.4 Å². The molecule has 2 heterocycles. The molecule has 8 nitrogen and oxygen atoms in total. The van der Waals surface area contributed by atoms with Crippen molar-refractivity contribution < 1.29 is 29.0 Å². The molecule has 1 fully saturated rings. The summed E-state index contributed by atoms with van der Waals surface area (Å²) in [6.45, 7) is 0.209. The van der Waals surface area contributed by atoms with E-state index in [0.717, 1.165) is 0 Å². The van der Waals surface area contributed by atoms with Crippen LogP contribution in [0.2, 0.25) is 0 Å². The molecule has 2 aromatic rings. The van der Waals surface area contributed by atoms with Crippen molar-refractivity contribution in [2.24, 2.45) is 0 Å². The van der Waals surface area contributed by atoms with Crippen LogP contribution in [0.25, 0.3) is 0 Å². The van der Waals surface area contributed by atoms with Crippen LogP contribution in [0.15, 0.2) is 48.5 Å². The molecular weight excluding hydrogens is 400 g/mol. The van der Waals surface area contributed by atoms with Crippen LogP contribution < -0.4 is 10.1 Å². The fraction of sp³-hybridized carbons (Fsp3) is 0.348. The molecule has 0 saturated carbocycles. The molecule has 0 aliphatic carbocycles. The van der Waals surface area contributed by atoms with Gasteiger partial charge in [0.05, 0.1) is 24.1 Å². The zero-order chi connectivity index (χ0) is 22.0. The monoisotopic (exact) mass is 424 g/mol. The zero-order valence-electron chi connectivity index (χ0n) is 17.1. The molecule has 0 spiro atoms. The van der Waals surface area contributed by atoms with Gasteiger partial charge in [-0.05, 0) is 43.2 Å². The fourth-order valence-electron chi connectivity index (χ4n) is 4.09. The van der Waals surface area contributed by atoms with Gasteiger partial charge in [-0.1, -0.05) is 18.2 Å². The standard InChI is InChI=1S/C23H24N2O6/c1-25-18-9-8-16(12-21(26)27)31-20(18)13-30-19-10-7-15(11-17(19)23(25)29)24-22(28)14-5-3-2-4-6-14/h2-7,10-11,16,18,20H,8-9,12-13H2,1H3,(H,24,28)(H,26,27)/t16-,18+,20+/m0/s1. The van der Waals surface area contributed by atoms with Crippen molar-refractivity contribution in [1.82, 2.24) is 4.90 Å². The minimum Gasteiger partial charge on any atom is -0.490 e. The molecule has 2 amide bonds. The van der Waals surface area contributed by atoms with E-state index in [-0.39, 0.29) is 37.0 Å². The van der Waals surface area contributed by atoms with Crippen molar-refractivity contribution in [2.45, 2.75) is 37.5 Å². The molecule has 31 heavy (non-hydrogen) atoms. The van der Waals surface area contributed by atoms with E-state index in [1.54, 1.807) is 54.4 Å². The highest BCUT2D eigenvalue weighted by atomic mass is 16.5. The van der Waals surface area contributed by atoms with Gasteiger partial charge in [0.1, 0.15) is 18.5 Å². The lowest BCUT2D eigenvalue weighted by molar-refractivity contribution is -0.148. The lowest BCUT2D eigenvalue weighted by Gasteiger charge is -2.42. The second kappa shape index (κ2) is 8.77. The number of likely N-dealkylation sites (N-methyl/N-ethyl adjacent to an activating group) is 1. The van der Waals surface area contributed by atoms with E-state index < -0.39 is 12.1 Å². The molecule has 0 aromatic heterocycles. The number of hydrogen-bond donors (Lipinski definition) is 2. The lowest BCUT2D eigenvalue weighted by atomic mass is 9.94. The van der Waals surface area contributed by atoms with Gasteiger partial charge in [0.25, 0.3) is 11.8 Å². The van der Waals surface area contributed by atoms with Crippen LogP contribution >= 0.6 is 0 Å². The Hall–Kier alpha value is -3.39. The Morgan fingerprint density at radius 1 is 1.16 bits per heavy atom. The topological polar surface area (TPSA) is 105 Å². The van der Waals surface area contributed by atoms with Crippen LogP contribution in [0, 0.1) is 0 Å². The first-order valence-electron chi connectivity index (χ1n) is 10.2. The maximum absolute atomic E-state index is 13.2. The number of ether oxygens (including phenoxy) is 2. The summed E-state index contributed by atoms with van der Waals surface area (Å²) in [6, 6.07) is 13.6. The average Bonchev–Trinajstić information content (AvgIpc) is 2.77. The summed E-state index contributed by atoms with van der Waals surface area (Å²) >= 11 is 0. The quantitative estimate of drug-likeness (QED) is 0.782. The number of carbonyl (C=O) groups excluding carboxylic acids is 2. The van der Waals surface area contributed by atoms with Gasteiger partial charge in [-0.2, -0.15) is 0 Å². The normalized spacial score (nSPS) is 22.9. The number of aliphatic carboxylic acids is 1. The van der Waals surface area contributed by atoms with Crippen molar-refractivity contribution in [2.75, 3.05) is 19.0 Å². The number of benzene rings is 2. The van der Waals surface area contributed by atoms with Crippen LogP contribution in [0.5, 0.6) is 5.75 Å². The van der Waals surface area contributed by atoms with Gasteiger partial charge in [0, 0.05) is 18.3 Å². The molecule has 1 saturated heterocycles. The Morgan fingerprint density at radius 3 is 2.68 bits per heavy atom. The Kier molecular flexibility index (Phi) is 5.90. The molecule has 162 valence electrons. The highest BCUT2D eigenvalue weighted by Gasteiger charge is 2.39. The maximum atomic E-state index is 13.2. The van der Waals surface area contributed by atoms with E-state index in [1.165, 1.54) is 0 Å². The Balaban J connectivity index is 1.54. The number of nitrogens with one attached hydrogen (secondary N) is 1. The molecule has 3 atom stereocenters. The smallest absolute Gasteiger partial charge is 0.305 e. The number of hydrogen-bond acceptors (Lipinski definition) is 5. The number of nitrogens with zero attached hydrogens (tertiary/aromatic N) is 1. The average molecular weight is 424 g/mol. The Labute approximate surface area is 179 Å². The first-order chi connectivity index (χ1) is 14.9. The molecule has 0 bridgehead atoms. The molecule has 0 unspecified atom stereocenters. The lowest BCUT2D eigenvalue weighted by Crippen LogP contribution is -2.53. The van der Waals surface area contributed by atoms with Crippen LogP contribution in [-0.2, 0) is 9.53 Å². The third kappa shape index (κ3) is 4.54.